The Morgan fingerprint density at radius 1 is 0.865 bits per heavy atom. The number of alkyl carbamates (subject to hydrolysis) is 1. The van der Waals surface area contributed by atoms with Crippen LogP contribution >= 0.6 is 0 Å². The van der Waals surface area contributed by atoms with Gasteiger partial charge >= 0.3 is 12.1 Å². The molecule has 0 saturated heterocycles. The molecule has 2 aromatic carbocycles. The Balaban J connectivity index is 1.84. The second-order valence-electron chi connectivity index (χ2n) is 9.00. The number of unbranched alkanes of at least 4 members (excludes halogenated alkanes) is 1. The van der Waals surface area contributed by atoms with Gasteiger partial charge < -0.3 is 25.4 Å². The van der Waals surface area contributed by atoms with Crippen LogP contribution in [0.5, 0.6) is 0 Å². The molecule has 9 heteroatoms. The molecular weight excluding hydrogens is 474 g/mol. The van der Waals surface area contributed by atoms with Crippen molar-refractivity contribution in [1.82, 2.24) is 16.0 Å². The van der Waals surface area contributed by atoms with Crippen LogP contribution in [0.1, 0.15) is 54.0 Å². The van der Waals surface area contributed by atoms with Gasteiger partial charge in [-0.15, -0.1) is 0 Å². The van der Waals surface area contributed by atoms with Gasteiger partial charge in [0.1, 0.15) is 19.3 Å². The molecule has 0 bridgehead atoms. The van der Waals surface area contributed by atoms with Crippen LogP contribution < -0.4 is 16.0 Å². The number of aryl methyl sites for hydroxylation is 3. The highest BCUT2D eigenvalue weighted by molar-refractivity contribution is 5.87. The molecule has 0 aliphatic heterocycles. The third kappa shape index (κ3) is 11.2. The number of hydrogen-bond donors (Lipinski definition) is 3. The zero-order valence-electron chi connectivity index (χ0n) is 22.0. The van der Waals surface area contributed by atoms with Crippen LogP contribution in [0.2, 0.25) is 0 Å². The topological polar surface area (TPSA) is 123 Å². The molecule has 0 fully saturated rings. The Kier molecular flexibility index (Phi) is 12.1. The first-order valence-corrected chi connectivity index (χ1v) is 12.4. The summed E-state index contributed by atoms with van der Waals surface area (Å²) in [6.07, 6.45) is 0.910. The highest BCUT2D eigenvalue weighted by Gasteiger charge is 2.22. The normalized spacial score (nSPS) is 11.2. The average Bonchev–Trinajstić information content (AvgIpc) is 2.85. The van der Waals surface area contributed by atoms with E-state index in [0.717, 1.165) is 27.8 Å². The lowest BCUT2D eigenvalue weighted by Gasteiger charge is -2.19. The van der Waals surface area contributed by atoms with E-state index in [4.69, 9.17) is 9.47 Å². The minimum Gasteiger partial charge on any atom is -0.459 e. The summed E-state index contributed by atoms with van der Waals surface area (Å²) in [5.41, 5.74) is 5.01. The maximum atomic E-state index is 12.9. The van der Waals surface area contributed by atoms with Crippen molar-refractivity contribution < 1.29 is 28.7 Å². The molecule has 0 spiro atoms. The van der Waals surface area contributed by atoms with Crippen LogP contribution in [-0.4, -0.2) is 43.0 Å². The van der Waals surface area contributed by atoms with Gasteiger partial charge in [0, 0.05) is 13.5 Å². The predicted octanol–water partition coefficient (Wildman–Crippen LogP) is 3.37. The minimum atomic E-state index is -0.877. The van der Waals surface area contributed by atoms with Crippen molar-refractivity contribution in [3.8, 4) is 0 Å². The third-order valence-electron chi connectivity index (χ3n) is 5.72. The molecule has 0 radical (unpaired) electrons. The highest BCUT2D eigenvalue weighted by atomic mass is 16.5. The summed E-state index contributed by atoms with van der Waals surface area (Å²) in [6, 6.07) is 12.5. The number of rotatable bonds is 13. The maximum Gasteiger partial charge on any atom is 0.407 e. The van der Waals surface area contributed by atoms with Crippen molar-refractivity contribution in [1.29, 1.82) is 0 Å². The number of carbonyl (C=O) groups is 4. The Morgan fingerprint density at radius 3 is 2.19 bits per heavy atom. The van der Waals surface area contributed by atoms with Gasteiger partial charge in [-0.05, 0) is 62.3 Å². The number of carbonyl (C=O) groups excluding carboxylic acids is 4. The number of esters is 1. The zero-order chi connectivity index (χ0) is 27.2. The molecule has 0 saturated carbocycles. The van der Waals surface area contributed by atoms with Crippen LogP contribution in [0.4, 0.5) is 4.79 Å². The van der Waals surface area contributed by atoms with Crippen molar-refractivity contribution in [2.45, 2.75) is 66.2 Å². The molecule has 0 heterocycles. The number of hydrogen-bond acceptors (Lipinski definition) is 6. The van der Waals surface area contributed by atoms with Crippen LogP contribution in [0.3, 0.4) is 0 Å². The molecule has 2 aromatic rings. The smallest absolute Gasteiger partial charge is 0.407 e. The van der Waals surface area contributed by atoms with Crippen molar-refractivity contribution in [2.75, 3.05) is 13.1 Å². The number of nitrogens with one attached hydrogen (secondary N) is 3. The maximum absolute atomic E-state index is 12.9. The SMILES string of the molecule is CC(=O)NCC(=O)N[C@@H](CCCCNC(=O)OCc1ccccc1)C(=O)OCc1c(C)cc(C)cc1C. The van der Waals surface area contributed by atoms with E-state index >= 15 is 0 Å². The number of ether oxygens (including phenoxy) is 2. The molecule has 0 aromatic heterocycles. The summed E-state index contributed by atoms with van der Waals surface area (Å²) in [4.78, 5) is 48.1. The third-order valence-corrected chi connectivity index (χ3v) is 5.72. The molecule has 9 nitrogen and oxygen atoms in total. The van der Waals surface area contributed by atoms with E-state index in [2.05, 4.69) is 16.0 Å². The van der Waals surface area contributed by atoms with E-state index in [1.54, 1.807) is 0 Å². The predicted molar refractivity (Wildman–Crippen MR) is 140 cm³/mol. The van der Waals surface area contributed by atoms with E-state index in [9.17, 15) is 19.2 Å². The zero-order valence-corrected chi connectivity index (χ0v) is 22.0. The molecule has 3 amide bonds. The molecule has 1 atom stereocenters. The van der Waals surface area contributed by atoms with Gasteiger partial charge in [-0.2, -0.15) is 0 Å². The Morgan fingerprint density at radius 2 is 1.54 bits per heavy atom. The van der Waals surface area contributed by atoms with Crippen LogP contribution in [0.15, 0.2) is 42.5 Å². The van der Waals surface area contributed by atoms with Gasteiger partial charge in [-0.3, -0.25) is 9.59 Å². The molecule has 0 unspecified atom stereocenters. The van der Waals surface area contributed by atoms with E-state index in [-0.39, 0.29) is 25.7 Å². The summed E-state index contributed by atoms with van der Waals surface area (Å²) in [6.45, 7) is 7.66. The van der Waals surface area contributed by atoms with E-state index in [1.807, 2.05) is 63.2 Å². The lowest BCUT2D eigenvalue weighted by atomic mass is 10.0. The first-order valence-electron chi connectivity index (χ1n) is 12.4. The molecule has 3 N–H and O–H groups in total. The van der Waals surface area contributed by atoms with Gasteiger partial charge in [-0.25, -0.2) is 9.59 Å². The second-order valence-corrected chi connectivity index (χ2v) is 9.00. The van der Waals surface area contributed by atoms with Gasteiger partial charge in [-0.1, -0.05) is 48.0 Å². The second kappa shape index (κ2) is 15.3. The molecule has 200 valence electrons. The number of benzene rings is 2. The summed E-state index contributed by atoms with van der Waals surface area (Å²) in [5, 5.41) is 7.74. The van der Waals surface area contributed by atoms with Crippen molar-refractivity contribution in [3.05, 3.63) is 70.3 Å². The average molecular weight is 512 g/mol. The lowest BCUT2D eigenvalue weighted by molar-refractivity contribution is -0.149. The van der Waals surface area contributed by atoms with Crippen LogP contribution in [0.25, 0.3) is 0 Å². The molecule has 0 aliphatic rings. The van der Waals surface area contributed by atoms with Gasteiger partial charge in [0.05, 0.1) is 6.54 Å². The fourth-order valence-corrected chi connectivity index (χ4v) is 3.82. The lowest BCUT2D eigenvalue weighted by Crippen LogP contribution is -2.46. The molecule has 37 heavy (non-hydrogen) atoms. The van der Waals surface area contributed by atoms with Gasteiger partial charge in [0.15, 0.2) is 0 Å². The van der Waals surface area contributed by atoms with E-state index in [1.165, 1.54) is 6.92 Å². The Hall–Kier alpha value is -3.88. The van der Waals surface area contributed by atoms with Crippen molar-refractivity contribution in [2.24, 2.45) is 0 Å². The fraction of sp³-hybridized carbons (Fsp3) is 0.429. The summed E-state index contributed by atoms with van der Waals surface area (Å²) < 4.78 is 10.7. The first kappa shape index (κ1) is 29.4. The summed E-state index contributed by atoms with van der Waals surface area (Å²) >= 11 is 0. The monoisotopic (exact) mass is 511 g/mol. The van der Waals surface area contributed by atoms with Crippen molar-refractivity contribution >= 4 is 23.9 Å². The van der Waals surface area contributed by atoms with Crippen LogP contribution in [-0.2, 0) is 37.1 Å². The fourth-order valence-electron chi connectivity index (χ4n) is 3.82. The standard InChI is InChI=1S/C28H37N3O6/c1-19-14-20(2)24(21(3)15-19)18-36-27(34)25(31-26(33)16-30-22(4)32)12-8-9-13-29-28(35)37-17-23-10-6-5-7-11-23/h5-7,10-11,14-15,25H,8-9,12-13,16-18H2,1-4H3,(H,29,35)(H,30,32)(H,31,33)/t25-/m0/s1. The summed E-state index contributed by atoms with van der Waals surface area (Å²) in [5.74, 6) is -1.38. The van der Waals surface area contributed by atoms with Gasteiger partial charge in [0.25, 0.3) is 0 Å². The molecule has 2 rings (SSSR count). The summed E-state index contributed by atoms with van der Waals surface area (Å²) in [7, 11) is 0. The number of amides is 3. The van der Waals surface area contributed by atoms with Crippen LogP contribution in [0, 0.1) is 20.8 Å². The Labute approximate surface area is 218 Å². The minimum absolute atomic E-state index is 0.101. The Bertz CT molecular complexity index is 1050. The largest absolute Gasteiger partial charge is 0.459 e. The highest BCUT2D eigenvalue weighted by Crippen LogP contribution is 2.18. The van der Waals surface area contributed by atoms with Gasteiger partial charge in [0.2, 0.25) is 11.8 Å². The molecular formula is C28H37N3O6. The van der Waals surface area contributed by atoms with E-state index < -0.39 is 24.0 Å². The first-order chi connectivity index (χ1) is 17.7. The van der Waals surface area contributed by atoms with Crippen molar-refractivity contribution in [3.63, 3.8) is 0 Å². The van der Waals surface area contributed by atoms with E-state index in [0.29, 0.717) is 25.8 Å². The molecule has 0 aliphatic carbocycles. The quantitative estimate of drug-likeness (QED) is 0.280.